The van der Waals surface area contributed by atoms with Crippen molar-refractivity contribution in [2.75, 3.05) is 31.2 Å². The minimum absolute atomic E-state index is 0.0981. The predicted octanol–water partition coefficient (Wildman–Crippen LogP) is 5.83. The van der Waals surface area contributed by atoms with Crippen LogP contribution in [0.15, 0.2) is 73.2 Å². The predicted molar refractivity (Wildman–Crippen MR) is 215 cm³/mol. The van der Waals surface area contributed by atoms with E-state index in [1.165, 1.54) is 29.3 Å². The quantitative estimate of drug-likeness (QED) is 0.145. The molecule has 3 aliphatic heterocycles. The van der Waals surface area contributed by atoms with Crippen molar-refractivity contribution in [3.63, 3.8) is 0 Å². The van der Waals surface area contributed by atoms with E-state index in [0.29, 0.717) is 22.9 Å². The number of nitrogens with one attached hydrogen (secondary N) is 1. The maximum atomic E-state index is 13.2. The van der Waals surface area contributed by atoms with Gasteiger partial charge in [0.1, 0.15) is 12.1 Å². The minimum Gasteiger partial charge on any atom is -0.474 e. The Labute approximate surface area is 335 Å². The Balaban J connectivity index is 0.593. The van der Waals surface area contributed by atoms with Crippen LogP contribution in [0.5, 0.6) is 5.88 Å². The van der Waals surface area contributed by atoms with E-state index in [9.17, 15) is 19.2 Å². The molecule has 1 atom stereocenters. The van der Waals surface area contributed by atoms with Crippen molar-refractivity contribution in [1.29, 1.82) is 0 Å². The SMILES string of the molecule is Cn1c2ccncc2c2ccc(-c3ccc(OC4CC(OCCC5CC(CCOC6CN(c7ccc8c(c7)C(=O)N(C7CCC(=O)NC7=O)C8=O)C6)C5)C4)nc3)cc21. The van der Waals surface area contributed by atoms with Crippen molar-refractivity contribution < 1.29 is 33.4 Å². The number of ether oxygens (including phenoxy) is 3. The molecular weight excluding hydrogens is 737 g/mol. The molecule has 5 aromatic rings. The molecule has 5 aliphatic rings. The number of hydrogen-bond donors (Lipinski definition) is 1. The van der Waals surface area contributed by atoms with E-state index in [2.05, 4.69) is 62.1 Å². The molecule has 1 N–H and O–H groups in total. The van der Waals surface area contributed by atoms with Gasteiger partial charge >= 0.3 is 0 Å². The molecule has 6 heterocycles. The standard InChI is InChI=1S/C45H46N6O7/c1-49-38-10-13-46-23-37(38)34-5-2-28(18-40(34)49)29-3-9-42(47-22-29)58-32-20-31(21-32)56-14-11-26-16-27(17-26)12-15-57-33-24-50(25-33)30-4-6-35-36(19-30)45(55)51(44(35)54)39-7-8-41(52)48-43(39)53/h2-6,9-10,13,18-19,22-23,26-27,31-33,39H,7-8,11-12,14-17,20-21,24-25H2,1H3,(H,48,52,53). The Morgan fingerprint density at radius 2 is 1.50 bits per heavy atom. The van der Waals surface area contributed by atoms with Gasteiger partial charge in [0.2, 0.25) is 17.7 Å². The van der Waals surface area contributed by atoms with Gasteiger partial charge in [0.15, 0.2) is 0 Å². The highest BCUT2D eigenvalue weighted by molar-refractivity contribution is 6.23. The summed E-state index contributed by atoms with van der Waals surface area (Å²) in [5, 5.41) is 4.59. The van der Waals surface area contributed by atoms with Gasteiger partial charge in [-0.2, -0.15) is 0 Å². The normalized spacial score (nSPS) is 24.5. The van der Waals surface area contributed by atoms with Crippen molar-refractivity contribution in [2.24, 2.45) is 18.9 Å². The number of piperidine rings is 1. The highest BCUT2D eigenvalue weighted by Crippen LogP contribution is 2.39. The molecule has 0 bridgehead atoms. The highest BCUT2D eigenvalue weighted by atomic mass is 16.5. The van der Waals surface area contributed by atoms with E-state index >= 15 is 0 Å². The number of benzene rings is 2. The highest BCUT2D eigenvalue weighted by Gasteiger charge is 2.45. The maximum absolute atomic E-state index is 13.2. The largest absolute Gasteiger partial charge is 0.474 e. The molecule has 58 heavy (non-hydrogen) atoms. The topological polar surface area (TPSA) is 145 Å². The minimum atomic E-state index is -0.963. The lowest BCUT2D eigenvalue weighted by atomic mass is 9.72. The zero-order valence-electron chi connectivity index (χ0n) is 32.5. The number of imide groups is 2. The van der Waals surface area contributed by atoms with E-state index in [1.807, 2.05) is 30.7 Å². The number of carbonyl (C=O) groups excluding carboxylic acids is 4. The van der Waals surface area contributed by atoms with Gasteiger partial charge in [0.25, 0.3) is 11.8 Å². The number of pyridine rings is 2. The van der Waals surface area contributed by atoms with Gasteiger partial charge in [-0.25, -0.2) is 4.98 Å². The van der Waals surface area contributed by atoms with Gasteiger partial charge in [-0.05, 0) is 85.9 Å². The van der Waals surface area contributed by atoms with E-state index in [-0.39, 0.29) is 37.1 Å². The van der Waals surface area contributed by atoms with Gasteiger partial charge in [-0.15, -0.1) is 0 Å². The Hall–Kier alpha value is -5.66. The van der Waals surface area contributed by atoms with E-state index in [0.717, 1.165) is 85.0 Å². The Kier molecular flexibility index (Phi) is 9.44. The number of carbonyl (C=O) groups is 4. The summed E-state index contributed by atoms with van der Waals surface area (Å²) in [6.07, 6.45) is 12.8. The van der Waals surface area contributed by atoms with Gasteiger partial charge in [-0.1, -0.05) is 12.1 Å². The summed E-state index contributed by atoms with van der Waals surface area (Å²) in [5.41, 5.74) is 5.96. The summed E-state index contributed by atoms with van der Waals surface area (Å²) in [6, 6.07) is 16.9. The summed E-state index contributed by atoms with van der Waals surface area (Å²) in [7, 11) is 2.09. The first-order valence-corrected chi connectivity index (χ1v) is 20.5. The molecule has 2 aliphatic carbocycles. The first-order valence-electron chi connectivity index (χ1n) is 20.5. The third-order valence-corrected chi connectivity index (χ3v) is 12.9. The Bertz CT molecular complexity index is 2430. The number of amides is 4. The van der Waals surface area contributed by atoms with Gasteiger partial charge < -0.3 is 23.7 Å². The second kappa shape index (κ2) is 14.9. The van der Waals surface area contributed by atoms with Crippen molar-refractivity contribution in [3.8, 4) is 17.0 Å². The summed E-state index contributed by atoms with van der Waals surface area (Å²) in [4.78, 5) is 62.2. The summed E-state index contributed by atoms with van der Waals surface area (Å²) in [5.74, 6) is 0.106. The van der Waals surface area contributed by atoms with E-state index < -0.39 is 23.8 Å². The van der Waals surface area contributed by atoms with Gasteiger partial charge in [-0.3, -0.25) is 34.4 Å². The molecule has 2 aromatic carbocycles. The molecule has 13 heteroatoms. The van der Waals surface area contributed by atoms with E-state index in [4.69, 9.17) is 14.2 Å². The Morgan fingerprint density at radius 3 is 2.26 bits per heavy atom. The lowest BCUT2D eigenvalue weighted by Gasteiger charge is -2.41. The molecule has 4 amide bonds. The average molecular weight is 783 g/mol. The number of hydrogen-bond acceptors (Lipinski definition) is 10. The van der Waals surface area contributed by atoms with Crippen molar-refractivity contribution in [2.45, 2.75) is 75.7 Å². The molecule has 3 aromatic heterocycles. The first kappa shape index (κ1) is 36.7. The lowest BCUT2D eigenvalue weighted by Crippen LogP contribution is -2.54. The maximum Gasteiger partial charge on any atom is 0.262 e. The molecule has 2 saturated carbocycles. The zero-order chi connectivity index (χ0) is 39.5. The van der Waals surface area contributed by atoms with Crippen LogP contribution >= 0.6 is 0 Å². The van der Waals surface area contributed by atoms with Crippen LogP contribution in [0.1, 0.15) is 72.1 Å². The van der Waals surface area contributed by atoms with Crippen LogP contribution in [0.25, 0.3) is 32.9 Å². The van der Waals surface area contributed by atoms with Crippen molar-refractivity contribution in [3.05, 3.63) is 84.3 Å². The zero-order valence-corrected chi connectivity index (χ0v) is 32.5. The fraction of sp³-hybridized carbons (Fsp3) is 0.422. The Morgan fingerprint density at radius 1 is 0.741 bits per heavy atom. The monoisotopic (exact) mass is 782 g/mol. The smallest absolute Gasteiger partial charge is 0.262 e. The average Bonchev–Trinajstić information content (AvgIpc) is 3.61. The van der Waals surface area contributed by atoms with Crippen LogP contribution in [0, 0.1) is 11.8 Å². The number of aryl methyl sites for hydroxylation is 1. The second-order valence-corrected chi connectivity index (χ2v) is 16.6. The number of fused-ring (bicyclic) bond motifs is 4. The fourth-order valence-corrected chi connectivity index (χ4v) is 9.33. The number of nitrogens with zero attached hydrogens (tertiary/aromatic N) is 5. The first-order chi connectivity index (χ1) is 28.3. The molecule has 10 rings (SSSR count). The number of anilines is 1. The third kappa shape index (κ3) is 6.79. The summed E-state index contributed by atoms with van der Waals surface area (Å²) < 4.78 is 20.7. The van der Waals surface area contributed by atoms with Crippen molar-refractivity contribution >= 4 is 51.1 Å². The van der Waals surface area contributed by atoms with Crippen LogP contribution < -0.4 is 15.0 Å². The number of aromatic nitrogens is 3. The summed E-state index contributed by atoms with van der Waals surface area (Å²) >= 11 is 0. The van der Waals surface area contributed by atoms with Gasteiger partial charge in [0.05, 0.1) is 28.9 Å². The lowest BCUT2D eigenvalue weighted by molar-refractivity contribution is -0.136. The third-order valence-electron chi connectivity index (χ3n) is 12.9. The molecule has 4 fully saturated rings. The number of rotatable bonds is 13. The molecule has 0 radical (unpaired) electrons. The van der Waals surface area contributed by atoms with E-state index in [1.54, 1.807) is 12.1 Å². The van der Waals surface area contributed by atoms with Crippen LogP contribution in [0.3, 0.4) is 0 Å². The molecular formula is C45H46N6O7. The summed E-state index contributed by atoms with van der Waals surface area (Å²) in [6.45, 7) is 2.98. The second-order valence-electron chi connectivity index (χ2n) is 16.6. The van der Waals surface area contributed by atoms with Crippen LogP contribution in [-0.2, 0) is 26.1 Å². The molecule has 298 valence electrons. The fourth-order valence-electron chi connectivity index (χ4n) is 9.33. The van der Waals surface area contributed by atoms with Crippen LogP contribution in [0.2, 0.25) is 0 Å². The molecule has 1 unspecified atom stereocenters. The van der Waals surface area contributed by atoms with Gasteiger partial charge in [0, 0.05) is 105 Å². The van der Waals surface area contributed by atoms with Crippen molar-refractivity contribution in [1.82, 2.24) is 24.8 Å². The van der Waals surface area contributed by atoms with Crippen LogP contribution in [-0.4, -0.2) is 93.7 Å². The molecule has 2 saturated heterocycles. The molecule has 13 nitrogen and oxygen atoms in total. The van der Waals surface area contributed by atoms with Crippen LogP contribution in [0.4, 0.5) is 5.69 Å². The molecule has 0 spiro atoms.